The molecule has 5 rings (SSSR count). The summed E-state index contributed by atoms with van der Waals surface area (Å²) >= 11 is 0. The second-order valence-electron chi connectivity index (χ2n) is 11.6. The van der Waals surface area contributed by atoms with Gasteiger partial charge in [0, 0.05) is 50.3 Å². The van der Waals surface area contributed by atoms with Crippen molar-refractivity contribution < 1.29 is 32.2 Å². The average Bonchev–Trinajstić information content (AvgIpc) is 3.43. The lowest BCUT2D eigenvalue weighted by Crippen LogP contribution is -2.33. The van der Waals surface area contributed by atoms with E-state index in [-0.39, 0.29) is 18.7 Å². The van der Waals surface area contributed by atoms with Crippen molar-refractivity contribution in [2.75, 3.05) is 32.8 Å². The molecule has 1 heterocycles. The van der Waals surface area contributed by atoms with Crippen LogP contribution >= 0.6 is 0 Å². The maximum absolute atomic E-state index is 14.0. The van der Waals surface area contributed by atoms with Gasteiger partial charge < -0.3 is 19.5 Å². The molecule has 6 nitrogen and oxygen atoms in total. The molecule has 3 aromatic carbocycles. The van der Waals surface area contributed by atoms with Gasteiger partial charge in [-0.25, -0.2) is 18.0 Å². The second-order valence-corrected chi connectivity index (χ2v) is 11.6. The first-order chi connectivity index (χ1) is 20.7. The van der Waals surface area contributed by atoms with Crippen LogP contribution in [0.5, 0.6) is 11.5 Å². The van der Waals surface area contributed by atoms with Gasteiger partial charge in [0.05, 0.1) is 6.61 Å². The Morgan fingerprint density at radius 2 is 1.58 bits per heavy atom. The smallest absolute Gasteiger partial charge is 0.347 e. The number of hydrogen-bond acceptors (Lipinski definition) is 6. The predicted molar refractivity (Wildman–Crippen MR) is 158 cm³/mol. The van der Waals surface area contributed by atoms with Crippen molar-refractivity contribution >= 4 is 5.97 Å². The molecule has 1 N–H and O–H groups in total. The highest BCUT2D eigenvalue weighted by atomic mass is 19.2. The summed E-state index contributed by atoms with van der Waals surface area (Å²) in [5, 5.41) is 3.53. The number of halogens is 3. The standard InChI is InChI=1S/C34H39F3N2O4/c1-4-41-34(40)32(43-26-11-7-23(8-12-26)21(2)3)15-22-5-9-25(10-6-22)42-14-13-38-33-27-19-39(20-28(27)33)18-24-16-30(36)31(37)17-29(24)35/h5-12,16-17,21,27-28,32-33,38H,4,13-15,18-20H2,1-3H3/t27-,28+,32-,33+/m0/s1. The van der Waals surface area contributed by atoms with E-state index in [2.05, 4.69) is 24.1 Å². The summed E-state index contributed by atoms with van der Waals surface area (Å²) in [5.41, 5.74) is 2.32. The van der Waals surface area contributed by atoms with Crippen LogP contribution in [0.2, 0.25) is 0 Å². The van der Waals surface area contributed by atoms with Crippen molar-refractivity contribution in [2.24, 2.45) is 11.8 Å². The lowest BCUT2D eigenvalue weighted by molar-refractivity contribution is -0.151. The molecule has 2 aliphatic rings. The lowest BCUT2D eigenvalue weighted by Gasteiger charge is -2.20. The number of hydrogen-bond donors (Lipinski definition) is 1. The van der Waals surface area contributed by atoms with Gasteiger partial charge in [-0.2, -0.15) is 0 Å². The molecular weight excluding hydrogens is 557 g/mol. The van der Waals surface area contributed by atoms with E-state index in [9.17, 15) is 18.0 Å². The minimum Gasteiger partial charge on any atom is -0.492 e. The van der Waals surface area contributed by atoms with Crippen molar-refractivity contribution in [3.8, 4) is 11.5 Å². The van der Waals surface area contributed by atoms with Gasteiger partial charge in [0.2, 0.25) is 0 Å². The Kier molecular flexibility index (Phi) is 9.93. The van der Waals surface area contributed by atoms with Crippen LogP contribution in [0.15, 0.2) is 60.7 Å². The van der Waals surface area contributed by atoms with E-state index in [4.69, 9.17) is 14.2 Å². The van der Waals surface area contributed by atoms with Gasteiger partial charge >= 0.3 is 5.97 Å². The molecule has 0 radical (unpaired) electrons. The average molecular weight is 597 g/mol. The van der Waals surface area contributed by atoms with Gasteiger partial charge in [0.15, 0.2) is 17.7 Å². The minimum atomic E-state index is -1.16. The second kappa shape index (κ2) is 13.8. The molecule has 0 unspecified atom stereocenters. The summed E-state index contributed by atoms with van der Waals surface area (Å²) in [7, 11) is 0. The van der Waals surface area contributed by atoms with Crippen LogP contribution in [0.3, 0.4) is 0 Å². The Bertz CT molecular complexity index is 1370. The first-order valence-electron chi connectivity index (χ1n) is 15.0. The maximum atomic E-state index is 14.0. The number of rotatable bonds is 14. The summed E-state index contributed by atoms with van der Waals surface area (Å²) in [4.78, 5) is 14.7. The number of esters is 1. The first-order valence-corrected chi connectivity index (χ1v) is 15.0. The quantitative estimate of drug-likeness (QED) is 0.143. The van der Waals surface area contributed by atoms with E-state index in [1.807, 2.05) is 48.5 Å². The van der Waals surface area contributed by atoms with Crippen molar-refractivity contribution in [1.82, 2.24) is 10.2 Å². The molecule has 3 aromatic rings. The van der Waals surface area contributed by atoms with Crippen molar-refractivity contribution in [1.29, 1.82) is 0 Å². The third-order valence-electron chi connectivity index (χ3n) is 8.22. The van der Waals surface area contributed by atoms with E-state index >= 15 is 0 Å². The van der Waals surface area contributed by atoms with Crippen molar-refractivity contribution in [3.63, 3.8) is 0 Å². The Morgan fingerprint density at radius 1 is 0.930 bits per heavy atom. The van der Waals surface area contributed by atoms with Gasteiger partial charge in [0.25, 0.3) is 0 Å². The topological polar surface area (TPSA) is 60.0 Å². The molecule has 2 fully saturated rings. The van der Waals surface area contributed by atoms with E-state index in [1.165, 1.54) is 5.56 Å². The Morgan fingerprint density at radius 3 is 2.23 bits per heavy atom. The number of piperidine rings is 1. The van der Waals surface area contributed by atoms with Crippen LogP contribution in [-0.4, -0.2) is 55.9 Å². The van der Waals surface area contributed by atoms with Gasteiger partial charge in [-0.3, -0.25) is 4.90 Å². The molecule has 43 heavy (non-hydrogen) atoms. The van der Waals surface area contributed by atoms with E-state index in [1.54, 1.807) is 6.92 Å². The normalized spacial score (nSPS) is 20.1. The molecule has 1 saturated carbocycles. The highest BCUT2D eigenvalue weighted by molar-refractivity contribution is 5.75. The van der Waals surface area contributed by atoms with Crippen LogP contribution < -0.4 is 14.8 Å². The number of nitrogens with zero attached hydrogens (tertiary/aromatic N) is 1. The number of likely N-dealkylation sites (tertiary alicyclic amines) is 1. The molecule has 0 aromatic heterocycles. The van der Waals surface area contributed by atoms with Gasteiger partial charge in [0.1, 0.15) is 23.9 Å². The molecule has 4 atom stereocenters. The van der Waals surface area contributed by atoms with Crippen molar-refractivity contribution in [2.45, 2.75) is 51.8 Å². The number of ether oxygens (including phenoxy) is 3. The summed E-state index contributed by atoms with van der Waals surface area (Å²) < 4.78 is 57.9. The number of fused-ring (bicyclic) bond motifs is 1. The highest BCUT2D eigenvalue weighted by Gasteiger charge is 2.55. The summed E-state index contributed by atoms with van der Waals surface area (Å²) in [5.74, 6) is -0.583. The fraction of sp³-hybridized carbons (Fsp3) is 0.441. The minimum absolute atomic E-state index is 0.185. The van der Waals surface area contributed by atoms with Crippen LogP contribution in [0, 0.1) is 29.3 Å². The molecule has 1 saturated heterocycles. The van der Waals surface area contributed by atoms with E-state index in [0.717, 1.165) is 30.5 Å². The van der Waals surface area contributed by atoms with Gasteiger partial charge in [-0.05, 0) is 66.1 Å². The highest BCUT2D eigenvalue weighted by Crippen LogP contribution is 2.45. The molecule has 1 aliphatic heterocycles. The molecule has 230 valence electrons. The van der Waals surface area contributed by atoms with Gasteiger partial charge in [-0.15, -0.1) is 0 Å². The lowest BCUT2D eigenvalue weighted by atomic mass is 10.0. The zero-order valence-corrected chi connectivity index (χ0v) is 24.8. The molecule has 0 amide bonds. The zero-order chi connectivity index (χ0) is 30.5. The Labute approximate surface area is 251 Å². The Hall–Kier alpha value is -3.56. The zero-order valence-electron chi connectivity index (χ0n) is 24.8. The van der Waals surface area contributed by atoms with Crippen LogP contribution in [0.1, 0.15) is 43.4 Å². The number of carbonyl (C=O) groups is 1. The number of carbonyl (C=O) groups excluding carboxylic acids is 1. The van der Waals surface area contributed by atoms with Crippen LogP contribution in [-0.2, 0) is 22.5 Å². The number of nitrogens with one attached hydrogen (secondary N) is 1. The van der Waals surface area contributed by atoms with Crippen LogP contribution in [0.4, 0.5) is 13.2 Å². The molecule has 0 spiro atoms. The van der Waals surface area contributed by atoms with Crippen molar-refractivity contribution in [3.05, 3.63) is 94.8 Å². The summed E-state index contributed by atoms with van der Waals surface area (Å²) in [6.45, 7) is 9.37. The predicted octanol–water partition coefficient (Wildman–Crippen LogP) is 5.88. The Balaban J connectivity index is 1.03. The SMILES string of the molecule is CCOC(=O)[C@H](Cc1ccc(OCCN[C@H]2[C@@H]3CN(Cc4cc(F)c(F)cc4F)C[C@@H]32)cc1)Oc1ccc(C(C)C)cc1. The van der Waals surface area contributed by atoms with Crippen LogP contribution in [0.25, 0.3) is 0 Å². The van der Waals surface area contributed by atoms with E-state index < -0.39 is 29.5 Å². The molecule has 0 bridgehead atoms. The maximum Gasteiger partial charge on any atom is 0.347 e. The third kappa shape index (κ3) is 7.89. The first kappa shape index (κ1) is 30.9. The van der Waals surface area contributed by atoms with E-state index in [0.29, 0.717) is 55.2 Å². The monoisotopic (exact) mass is 596 g/mol. The third-order valence-corrected chi connectivity index (χ3v) is 8.22. The van der Waals surface area contributed by atoms with Gasteiger partial charge in [-0.1, -0.05) is 38.1 Å². The molecular formula is C34H39F3N2O4. The fourth-order valence-corrected chi connectivity index (χ4v) is 5.81. The number of benzene rings is 3. The fourth-order valence-electron chi connectivity index (χ4n) is 5.81. The summed E-state index contributed by atoms with van der Waals surface area (Å²) in [6.07, 6.45) is -0.387. The molecule has 1 aliphatic carbocycles. The largest absolute Gasteiger partial charge is 0.492 e. The molecule has 9 heteroatoms. The summed E-state index contributed by atoms with van der Waals surface area (Å²) in [6, 6.07) is 17.4.